The van der Waals surface area contributed by atoms with E-state index in [-0.39, 0.29) is 23.7 Å². The van der Waals surface area contributed by atoms with Crippen LogP contribution in [0.2, 0.25) is 0 Å². The number of benzene rings is 3. The van der Waals surface area contributed by atoms with Crippen LogP contribution in [0.1, 0.15) is 32.3 Å². The minimum absolute atomic E-state index is 0.158. The zero-order chi connectivity index (χ0) is 21.5. The molecule has 0 radical (unpaired) electrons. The first-order valence-electron chi connectivity index (χ1n) is 9.60. The average Bonchev–Trinajstić information content (AvgIpc) is 2.74. The first-order valence-corrected chi connectivity index (χ1v) is 9.60. The van der Waals surface area contributed by atoms with Gasteiger partial charge in [0.05, 0.1) is 6.04 Å². The Bertz CT molecular complexity index is 1000. The molecule has 0 aliphatic carbocycles. The number of halogens is 1. The summed E-state index contributed by atoms with van der Waals surface area (Å²) in [6.07, 6.45) is 0. The molecule has 2 N–H and O–H groups in total. The lowest BCUT2D eigenvalue weighted by Crippen LogP contribution is -2.34. The molecule has 30 heavy (non-hydrogen) atoms. The van der Waals surface area contributed by atoms with E-state index < -0.39 is 0 Å². The standard InChI is InChI=1S/C24H24FN3O2/c1-28(2)22(19-9-6-10-20(25)15-19)16-26-23(29)18-11-13-21(14-12-18)27-24(30)17-7-4-3-5-8-17/h3-15,22H,16H2,1-2H3,(H,26,29)(H,27,30). The summed E-state index contributed by atoms with van der Waals surface area (Å²) < 4.78 is 13.6. The van der Waals surface area contributed by atoms with Crippen molar-refractivity contribution >= 4 is 17.5 Å². The Morgan fingerprint density at radius 1 is 0.867 bits per heavy atom. The Morgan fingerprint density at radius 2 is 1.53 bits per heavy atom. The van der Waals surface area contributed by atoms with Crippen molar-refractivity contribution in [2.45, 2.75) is 6.04 Å². The molecule has 0 bridgehead atoms. The summed E-state index contributed by atoms with van der Waals surface area (Å²) >= 11 is 0. The Hall–Kier alpha value is -3.51. The molecule has 1 atom stereocenters. The molecule has 0 heterocycles. The van der Waals surface area contributed by atoms with Crippen molar-refractivity contribution in [1.29, 1.82) is 0 Å². The third-order valence-corrected chi connectivity index (χ3v) is 4.75. The van der Waals surface area contributed by atoms with Crippen molar-refractivity contribution in [1.82, 2.24) is 10.2 Å². The number of amides is 2. The van der Waals surface area contributed by atoms with Gasteiger partial charge >= 0.3 is 0 Å². The molecule has 3 aromatic carbocycles. The molecule has 5 nitrogen and oxygen atoms in total. The monoisotopic (exact) mass is 405 g/mol. The van der Waals surface area contributed by atoms with Crippen LogP contribution in [0.5, 0.6) is 0 Å². The van der Waals surface area contributed by atoms with Crippen molar-refractivity contribution in [2.24, 2.45) is 0 Å². The number of anilines is 1. The molecule has 3 rings (SSSR count). The van der Waals surface area contributed by atoms with Gasteiger partial charge in [-0.25, -0.2) is 4.39 Å². The van der Waals surface area contributed by atoms with Gasteiger partial charge in [-0.15, -0.1) is 0 Å². The van der Waals surface area contributed by atoms with Gasteiger partial charge in [0.2, 0.25) is 0 Å². The summed E-state index contributed by atoms with van der Waals surface area (Å²) in [5.41, 5.74) is 2.43. The second kappa shape index (κ2) is 9.80. The van der Waals surface area contributed by atoms with Gasteiger partial charge in [-0.1, -0.05) is 30.3 Å². The number of nitrogens with one attached hydrogen (secondary N) is 2. The maximum Gasteiger partial charge on any atom is 0.255 e. The van der Waals surface area contributed by atoms with Gasteiger partial charge in [0.15, 0.2) is 0 Å². The SMILES string of the molecule is CN(C)C(CNC(=O)c1ccc(NC(=O)c2ccccc2)cc1)c1cccc(F)c1. The summed E-state index contributed by atoms with van der Waals surface area (Å²) in [6, 6.07) is 21.8. The van der Waals surface area contributed by atoms with E-state index in [0.29, 0.717) is 23.4 Å². The van der Waals surface area contributed by atoms with Crippen LogP contribution >= 0.6 is 0 Å². The van der Waals surface area contributed by atoms with E-state index in [2.05, 4.69) is 10.6 Å². The molecule has 0 saturated heterocycles. The van der Waals surface area contributed by atoms with Crippen LogP contribution in [-0.4, -0.2) is 37.4 Å². The van der Waals surface area contributed by atoms with Crippen LogP contribution in [-0.2, 0) is 0 Å². The predicted octanol–water partition coefficient (Wildman–Crippen LogP) is 4.11. The maximum atomic E-state index is 13.6. The molecule has 2 amide bonds. The Balaban J connectivity index is 1.60. The van der Waals surface area contributed by atoms with E-state index in [1.54, 1.807) is 54.6 Å². The molecule has 6 heteroatoms. The van der Waals surface area contributed by atoms with E-state index in [1.165, 1.54) is 12.1 Å². The lowest BCUT2D eigenvalue weighted by molar-refractivity contribution is 0.0941. The van der Waals surface area contributed by atoms with E-state index in [4.69, 9.17) is 0 Å². The van der Waals surface area contributed by atoms with Crippen LogP contribution in [0.4, 0.5) is 10.1 Å². The van der Waals surface area contributed by atoms with Gasteiger partial charge in [-0.05, 0) is 68.2 Å². The first-order chi connectivity index (χ1) is 14.4. The average molecular weight is 405 g/mol. The quantitative estimate of drug-likeness (QED) is 0.622. The normalized spacial score (nSPS) is 11.7. The predicted molar refractivity (Wildman–Crippen MR) is 116 cm³/mol. The zero-order valence-corrected chi connectivity index (χ0v) is 16.9. The zero-order valence-electron chi connectivity index (χ0n) is 16.9. The smallest absolute Gasteiger partial charge is 0.255 e. The summed E-state index contributed by atoms with van der Waals surface area (Å²) in [5, 5.41) is 5.70. The number of hydrogen-bond donors (Lipinski definition) is 2. The lowest BCUT2D eigenvalue weighted by Gasteiger charge is -2.25. The summed E-state index contributed by atoms with van der Waals surface area (Å²) in [5.74, 6) is -0.755. The summed E-state index contributed by atoms with van der Waals surface area (Å²) in [6.45, 7) is 0.335. The molecule has 0 aliphatic heterocycles. The molecule has 0 fully saturated rings. The Labute approximate surface area is 175 Å². The van der Waals surface area contributed by atoms with Crippen LogP contribution in [0, 0.1) is 5.82 Å². The number of likely N-dealkylation sites (N-methyl/N-ethyl adjacent to an activating group) is 1. The second-order valence-corrected chi connectivity index (χ2v) is 7.14. The van der Waals surface area contributed by atoms with Crippen LogP contribution in [0.25, 0.3) is 0 Å². The minimum atomic E-state index is -0.307. The Kier molecular flexibility index (Phi) is 6.93. The Morgan fingerprint density at radius 3 is 2.17 bits per heavy atom. The van der Waals surface area contributed by atoms with Crippen molar-refractivity contribution in [3.05, 3.63) is 101 Å². The van der Waals surface area contributed by atoms with Gasteiger partial charge in [-0.3, -0.25) is 9.59 Å². The molecule has 0 saturated carbocycles. The highest BCUT2D eigenvalue weighted by molar-refractivity contribution is 6.04. The highest BCUT2D eigenvalue weighted by Gasteiger charge is 2.16. The maximum absolute atomic E-state index is 13.6. The molecule has 0 aromatic heterocycles. The van der Waals surface area contributed by atoms with Gasteiger partial charge in [0.25, 0.3) is 11.8 Å². The van der Waals surface area contributed by atoms with Crippen LogP contribution < -0.4 is 10.6 Å². The fourth-order valence-corrected chi connectivity index (χ4v) is 3.10. The largest absolute Gasteiger partial charge is 0.350 e. The van der Waals surface area contributed by atoms with E-state index in [1.807, 2.05) is 31.1 Å². The third-order valence-electron chi connectivity index (χ3n) is 4.75. The fourth-order valence-electron chi connectivity index (χ4n) is 3.10. The molecular weight excluding hydrogens is 381 g/mol. The van der Waals surface area contributed by atoms with Crippen molar-refractivity contribution in [3.63, 3.8) is 0 Å². The minimum Gasteiger partial charge on any atom is -0.350 e. The summed E-state index contributed by atoms with van der Waals surface area (Å²) in [4.78, 5) is 26.7. The lowest BCUT2D eigenvalue weighted by atomic mass is 10.1. The topological polar surface area (TPSA) is 61.4 Å². The highest BCUT2D eigenvalue weighted by Crippen LogP contribution is 2.19. The molecule has 3 aromatic rings. The second-order valence-electron chi connectivity index (χ2n) is 7.14. The molecular formula is C24H24FN3O2. The van der Waals surface area contributed by atoms with Crippen LogP contribution in [0.3, 0.4) is 0 Å². The molecule has 0 spiro atoms. The van der Waals surface area contributed by atoms with E-state index >= 15 is 0 Å². The third kappa shape index (κ3) is 5.52. The summed E-state index contributed by atoms with van der Waals surface area (Å²) in [7, 11) is 3.76. The molecule has 0 aliphatic rings. The van der Waals surface area contributed by atoms with Crippen molar-refractivity contribution in [3.8, 4) is 0 Å². The van der Waals surface area contributed by atoms with Crippen LogP contribution in [0.15, 0.2) is 78.9 Å². The number of carbonyl (C=O) groups excluding carboxylic acids is 2. The number of carbonyl (C=O) groups is 2. The molecule has 154 valence electrons. The molecule has 1 unspecified atom stereocenters. The fraction of sp³-hybridized carbons (Fsp3) is 0.167. The first kappa shape index (κ1) is 21.2. The van der Waals surface area contributed by atoms with Crippen molar-refractivity contribution < 1.29 is 14.0 Å². The van der Waals surface area contributed by atoms with Gasteiger partial charge in [0.1, 0.15) is 5.82 Å². The number of hydrogen-bond acceptors (Lipinski definition) is 3. The van der Waals surface area contributed by atoms with Gasteiger partial charge < -0.3 is 15.5 Å². The van der Waals surface area contributed by atoms with Gasteiger partial charge in [-0.2, -0.15) is 0 Å². The van der Waals surface area contributed by atoms with Gasteiger partial charge in [0, 0.05) is 23.4 Å². The van der Waals surface area contributed by atoms with E-state index in [0.717, 1.165) is 5.56 Å². The highest BCUT2D eigenvalue weighted by atomic mass is 19.1. The van der Waals surface area contributed by atoms with Crippen molar-refractivity contribution in [2.75, 3.05) is 26.0 Å². The number of nitrogens with zero attached hydrogens (tertiary/aromatic N) is 1. The van der Waals surface area contributed by atoms with E-state index in [9.17, 15) is 14.0 Å². The number of rotatable bonds is 7.